The molecule has 37 heavy (non-hydrogen) atoms. The molecule has 0 aliphatic rings. The Kier molecular flexibility index (Phi) is 11.9. The van der Waals surface area contributed by atoms with Gasteiger partial charge in [0.1, 0.15) is 50.1 Å². The van der Waals surface area contributed by atoms with E-state index in [-0.39, 0.29) is 43.5 Å². The molecule has 2 atom stereocenters. The highest BCUT2D eigenvalue weighted by atomic mass is 16.6. The van der Waals surface area contributed by atoms with Crippen molar-refractivity contribution in [3.8, 4) is 11.5 Å². The zero-order chi connectivity index (χ0) is 27.4. The van der Waals surface area contributed by atoms with Crippen molar-refractivity contribution in [1.82, 2.24) is 0 Å². The monoisotopic (exact) mass is 512 g/mol. The van der Waals surface area contributed by atoms with Gasteiger partial charge in [-0.25, -0.2) is 9.59 Å². The van der Waals surface area contributed by atoms with Crippen LogP contribution in [0.15, 0.2) is 72.8 Å². The van der Waals surface area contributed by atoms with Gasteiger partial charge in [0.2, 0.25) is 0 Å². The number of hydrogen-bond donors (Lipinski definition) is 2. The van der Waals surface area contributed by atoms with Crippen LogP contribution in [-0.4, -0.2) is 60.8 Å². The zero-order valence-corrected chi connectivity index (χ0v) is 21.6. The van der Waals surface area contributed by atoms with Crippen molar-refractivity contribution in [2.75, 3.05) is 26.4 Å². The zero-order valence-electron chi connectivity index (χ0n) is 21.6. The molecule has 0 spiro atoms. The highest BCUT2D eigenvalue weighted by Crippen LogP contribution is 2.30. The van der Waals surface area contributed by atoms with Gasteiger partial charge in [0.05, 0.1) is 0 Å². The summed E-state index contributed by atoms with van der Waals surface area (Å²) in [5, 5.41) is 19.9. The molecule has 0 saturated heterocycles. The summed E-state index contributed by atoms with van der Waals surface area (Å²) in [6.07, 6.45) is -1.01. The van der Waals surface area contributed by atoms with Crippen LogP contribution in [-0.2, 0) is 19.1 Å². The summed E-state index contributed by atoms with van der Waals surface area (Å²) in [7, 11) is 0. The lowest BCUT2D eigenvalue weighted by Gasteiger charge is -2.18. The molecule has 0 aliphatic carbocycles. The van der Waals surface area contributed by atoms with E-state index < -0.39 is 24.1 Å². The minimum absolute atomic E-state index is 0.00743. The lowest BCUT2D eigenvalue weighted by Crippen LogP contribution is -2.25. The van der Waals surface area contributed by atoms with E-state index in [0.29, 0.717) is 11.5 Å². The Labute approximate surface area is 218 Å². The summed E-state index contributed by atoms with van der Waals surface area (Å²) in [5.41, 5.74) is 2.76. The smallest absolute Gasteiger partial charge is 0.333 e. The molecule has 0 saturated carbocycles. The normalized spacial score (nSPS) is 13.1. The Morgan fingerprint density at radius 3 is 1.35 bits per heavy atom. The van der Waals surface area contributed by atoms with Gasteiger partial charge in [0, 0.05) is 17.1 Å². The maximum atomic E-state index is 11.4. The molecule has 2 aromatic carbocycles. The summed E-state index contributed by atoms with van der Waals surface area (Å²) in [5.74, 6) is 0.253. The van der Waals surface area contributed by atoms with Crippen molar-refractivity contribution in [3.63, 3.8) is 0 Å². The molecule has 2 rings (SSSR count). The molecule has 2 unspecified atom stereocenters. The number of rotatable bonds is 15. The third-order valence-corrected chi connectivity index (χ3v) is 5.37. The first-order valence-corrected chi connectivity index (χ1v) is 12.1. The van der Waals surface area contributed by atoms with Crippen LogP contribution in [0.25, 0.3) is 0 Å². The molecule has 0 fully saturated rings. The summed E-state index contributed by atoms with van der Waals surface area (Å²) < 4.78 is 21.1. The van der Waals surface area contributed by atoms with Crippen LogP contribution in [0.2, 0.25) is 0 Å². The fourth-order valence-corrected chi connectivity index (χ4v) is 3.33. The van der Waals surface area contributed by atoms with Gasteiger partial charge in [-0.2, -0.15) is 0 Å². The number of aliphatic hydroxyl groups is 2. The lowest BCUT2D eigenvalue weighted by molar-refractivity contribution is -0.143. The van der Waals surface area contributed by atoms with E-state index >= 15 is 0 Å². The predicted molar refractivity (Wildman–Crippen MR) is 140 cm³/mol. The van der Waals surface area contributed by atoms with Crippen molar-refractivity contribution in [3.05, 3.63) is 84.0 Å². The standard InChI is InChI=1S/C29H36O8/c1-6-27(21-7-11-25(12-8-21)34-15-23(30)17-36-28(32)19(2)3)22-9-13-26(14-10-22)35-16-24(31)18-37-29(33)20(4)5/h7-14,23-24,27,30-31H,2,4,6,15-18H2,1,3,5H3. The van der Waals surface area contributed by atoms with Crippen LogP contribution in [0.4, 0.5) is 0 Å². The summed E-state index contributed by atoms with van der Waals surface area (Å²) in [4.78, 5) is 22.8. The molecule has 2 N–H and O–H groups in total. The third kappa shape index (κ3) is 10.1. The predicted octanol–water partition coefficient (Wildman–Crippen LogP) is 3.95. The molecular weight excluding hydrogens is 476 g/mol. The fourth-order valence-electron chi connectivity index (χ4n) is 3.33. The first-order chi connectivity index (χ1) is 17.6. The van der Waals surface area contributed by atoms with E-state index in [1.54, 1.807) is 13.8 Å². The van der Waals surface area contributed by atoms with Crippen LogP contribution in [0, 0.1) is 0 Å². The highest BCUT2D eigenvalue weighted by molar-refractivity contribution is 5.87. The first-order valence-electron chi connectivity index (χ1n) is 12.1. The average molecular weight is 513 g/mol. The quantitative estimate of drug-likeness (QED) is 0.273. The van der Waals surface area contributed by atoms with Gasteiger partial charge < -0.3 is 29.2 Å². The Morgan fingerprint density at radius 2 is 1.05 bits per heavy atom. The largest absolute Gasteiger partial charge is 0.491 e. The molecule has 8 nitrogen and oxygen atoms in total. The van der Waals surface area contributed by atoms with Crippen LogP contribution < -0.4 is 9.47 Å². The van der Waals surface area contributed by atoms with E-state index in [1.807, 2.05) is 48.5 Å². The molecular formula is C29H36O8. The second-order valence-corrected chi connectivity index (χ2v) is 8.79. The van der Waals surface area contributed by atoms with Crippen molar-refractivity contribution < 1.29 is 38.7 Å². The van der Waals surface area contributed by atoms with Crippen LogP contribution in [0.3, 0.4) is 0 Å². The summed E-state index contributed by atoms with van der Waals surface area (Å²) in [6.45, 7) is 11.8. The molecule has 2 aromatic rings. The van der Waals surface area contributed by atoms with E-state index in [9.17, 15) is 19.8 Å². The number of aliphatic hydroxyl groups excluding tert-OH is 2. The maximum Gasteiger partial charge on any atom is 0.333 e. The van der Waals surface area contributed by atoms with Crippen LogP contribution >= 0.6 is 0 Å². The number of benzene rings is 2. The summed E-state index contributed by atoms with van der Waals surface area (Å²) in [6, 6.07) is 15.3. The fraction of sp³-hybridized carbons (Fsp3) is 0.379. The molecule has 0 aromatic heterocycles. The van der Waals surface area contributed by atoms with Gasteiger partial charge in [0.15, 0.2) is 0 Å². The van der Waals surface area contributed by atoms with Gasteiger partial charge >= 0.3 is 11.9 Å². The lowest BCUT2D eigenvalue weighted by atomic mass is 9.89. The molecule has 0 amide bonds. The van der Waals surface area contributed by atoms with Gasteiger partial charge in [-0.1, -0.05) is 44.3 Å². The van der Waals surface area contributed by atoms with Gasteiger partial charge in [-0.05, 0) is 55.7 Å². The Bertz CT molecular complexity index is 959. The van der Waals surface area contributed by atoms with Crippen molar-refractivity contribution >= 4 is 11.9 Å². The Morgan fingerprint density at radius 1 is 0.703 bits per heavy atom. The highest BCUT2D eigenvalue weighted by Gasteiger charge is 2.15. The Hall–Kier alpha value is -3.62. The van der Waals surface area contributed by atoms with Gasteiger partial charge in [-0.15, -0.1) is 0 Å². The third-order valence-electron chi connectivity index (χ3n) is 5.37. The SMILES string of the molecule is C=C(C)C(=O)OCC(O)COc1ccc(C(CC)c2ccc(OCC(O)COC(=O)C(=C)C)cc2)cc1. The molecule has 0 heterocycles. The molecule has 0 radical (unpaired) electrons. The van der Waals surface area contributed by atoms with E-state index in [2.05, 4.69) is 20.1 Å². The average Bonchev–Trinajstić information content (AvgIpc) is 2.89. The van der Waals surface area contributed by atoms with Gasteiger partial charge in [-0.3, -0.25) is 0 Å². The molecule has 200 valence electrons. The van der Waals surface area contributed by atoms with E-state index in [0.717, 1.165) is 17.5 Å². The molecule has 8 heteroatoms. The first kappa shape index (κ1) is 29.6. The van der Waals surface area contributed by atoms with Crippen LogP contribution in [0.1, 0.15) is 44.2 Å². The summed E-state index contributed by atoms with van der Waals surface area (Å²) >= 11 is 0. The Balaban J connectivity index is 1.86. The minimum Gasteiger partial charge on any atom is -0.491 e. The number of hydrogen-bond acceptors (Lipinski definition) is 8. The van der Waals surface area contributed by atoms with Crippen molar-refractivity contribution in [1.29, 1.82) is 0 Å². The van der Waals surface area contributed by atoms with Gasteiger partial charge in [0.25, 0.3) is 0 Å². The second-order valence-electron chi connectivity index (χ2n) is 8.79. The van der Waals surface area contributed by atoms with Crippen LogP contribution in [0.5, 0.6) is 11.5 Å². The second kappa shape index (κ2) is 14.8. The minimum atomic E-state index is -0.945. The molecule has 0 bridgehead atoms. The van der Waals surface area contributed by atoms with Crippen molar-refractivity contribution in [2.45, 2.75) is 45.3 Å². The van der Waals surface area contributed by atoms with E-state index in [1.165, 1.54) is 0 Å². The number of carbonyl (C=O) groups is 2. The maximum absolute atomic E-state index is 11.4. The number of esters is 2. The topological polar surface area (TPSA) is 112 Å². The van der Waals surface area contributed by atoms with E-state index in [4.69, 9.17) is 18.9 Å². The molecule has 0 aliphatic heterocycles. The number of carbonyl (C=O) groups excluding carboxylic acids is 2. The number of ether oxygens (including phenoxy) is 4. The van der Waals surface area contributed by atoms with Crippen molar-refractivity contribution in [2.24, 2.45) is 0 Å².